The summed E-state index contributed by atoms with van der Waals surface area (Å²) in [6.07, 6.45) is 6.31. The summed E-state index contributed by atoms with van der Waals surface area (Å²) in [7, 11) is 3.62. The highest BCUT2D eigenvalue weighted by molar-refractivity contribution is 5.52. The van der Waals surface area contributed by atoms with Crippen LogP contribution in [0.4, 0.5) is 5.82 Å². The SMILES string of the molecule is COc1cccc(CC2(CO)CCN(c3ccc(-c4nccn4C)nn3)CC2)c1. The molecule has 0 radical (unpaired) electrons. The van der Waals surface area contributed by atoms with Crippen LogP contribution in [-0.2, 0) is 13.5 Å². The highest BCUT2D eigenvalue weighted by Gasteiger charge is 2.34. The van der Waals surface area contributed by atoms with Crippen LogP contribution >= 0.6 is 0 Å². The third-order valence-corrected chi connectivity index (χ3v) is 5.90. The number of ether oxygens (including phenoxy) is 1. The lowest BCUT2D eigenvalue weighted by molar-refractivity contribution is 0.0960. The van der Waals surface area contributed by atoms with Gasteiger partial charge in [0.25, 0.3) is 0 Å². The van der Waals surface area contributed by atoms with E-state index >= 15 is 0 Å². The molecule has 0 spiro atoms. The van der Waals surface area contributed by atoms with E-state index in [-0.39, 0.29) is 12.0 Å². The van der Waals surface area contributed by atoms with E-state index in [1.165, 1.54) is 5.56 Å². The Morgan fingerprint density at radius 1 is 1.14 bits per heavy atom. The molecule has 1 saturated heterocycles. The Kier molecular flexibility index (Phi) is 5.49. The van der Waals surface area contributed by atoms with Crippen LogP contribution in [0.5, 0.6) is 5.75 Å². The van der Waals surface area contributed by atoms with Gasteiger partial charge in [0, 0.05) is 44.6 Å². The monoisotopic (exact) mass is 393 g/mol. The van der Waals surface area contributed by atoms with E-state index < -0.39 is 0 Å². The van der Waals surface area contributed by atoms with Gasteiger partial charge >= 0.3 is 0 Å². The molecule has 7 nitrogen and oxygen atoms in total. The molecule has 0 atom stereocenters. The molecule has 1 aliphatic heterocycles. The van der Waals surface area contributed by atoms with Gasteiger partial charge in [-0.3, -0.25) is 0 Å². The maximum Gasteiger partial charge on any atom is 0.160 e. The van der Waals surface area contributed by atoms with Gasteiger partial charge in [0.2, 0.25) is 0 Å². The fraction of sp³-hybridized carbons (Fsp3) is 0.409. The zero-order chi connectivity index (χ0) is 20.3. The zero-order valence-corrected chi connectivity index (χ0v) is 17.0. The van der Waals surface area contributed by atoms with Crippen molar-refractivity contribution in [3.63, 3.8) is 0 Å². The number of aliphatic hydroxyl groups is 1. The summed E-state index contributed by atoms with van der Waals surface area (Å²) in [5.74, 6) is 2.53. The van der Waals surface area contributed by atoms with Crippen molar-refractivity contribution in [2.24, 2.45) is 12.5 Å². The van der Waals surface area contributed by atoms with Crippen LogP contribution in [-0.4, -0.2) is 51.7 Å². The molecule has 3 heterocycles. The molecule has 1 aliphatic rings. The van der Waals surface area contributed by atoms with Crippen molar-refractivity contribution < 1.29 is 9.84 Å². The number of hydrogen-bond donors (Lipinski definition) is 1. The summed E-state index contributed by atoms with van der Waals surface area (Å²) in [6.45, 7) is 1.88. The number of piperidine rings is 1. The number of imidazole rings is 1. The Morgan fingerprint density at radius 2 is 1.97 bits per heavy atom. The smallest absolute Gasteiger partial charge is 0.160 e. The number of methoxy groups -OCH3 is 1. The molecule has 3 aromatic rings. The lowest BCUT2D eigenvalue weighted by Gasteiger charge is -2.41. The minimum absolute atomic E-state index is 0.108. The Balaban J connectivity index is 1.43. The van der Waals surface area contributed by atoms with Gasteiger partial charge in [0.05, 0.1) is 7.11 Å². The maximum atomic E-state index is 10.2. The molecule has 7 heteroatoms. The first-order valence-electron chi connectivity index (χ1n) is 9.93. The molecule has 4 rings (SSSR count). The summed E-state index contributed by atoms with van der Waals surface area (Å²) >= 11 is 0. The molecule has 1 fully saturated rings. The van der Waals surface area contributed by atoms with Gasteiger partial charge in [-0.2, -0.15) is 0 Å². The normalized spacial score (nSPS) is 16.0. The van der Waals surface area contributed by atoms with Crippen molar-refractivity contribution in [3.8, 4) is 17.3 Å². The van der Waals surface area contributed by atoms with Gasteiger partial charge in [-0.05, 0) is 49.1 Å². The molecule has 152 valence electrons. The molecule has 0 bridgehead atoms. The van der Waals surface area contributed by atoms with Gasteiger partial charge in [-0.15, -0.1) is 10.2 Å². The Hall–Kier alpha value is -2.93. The second-order valence-electron chi connectivity index (χ2n) is 7.81. The first-order chi connectivity index (χ1) is 14.1. The standard InChI is InChI=1S/C22H27N5O2/c1-26-13-10-23-21(26)19-6-7-20(25-24-19)27-11-8-22(16-28,9-12-27)15-17-4-3-5-18(14-17)29-2/h3-7,10,13-14,28H,8-9,11-12,15-16H2,1-2H3. The van der Waals surface area contributed by atoms with Crippen molar-refractivity contribution in [1.82, 2.24) is 19.7 Å². The molecule has 0 amide bonds. The van der Waals surface area contributed by atoms with Crippen molar-refractivity contribution in [1.29, 1.82) is 0 Å². The van der Waals surface area contributed by atoms with Crippen LogP contribution in [0, 0.1) is 5.41 Å². The number of anilines is 1. The molecular formula is C22H27N5O2. The Labute approximate surface area is 171 Å². The minimum Gasteiger partial charge on any atom is -0.497 e. The van der Waals surface area contributed by atoms with E-state index in [2.05, 4.69) is 32.2 Å². The first-order valence-corrected chi connectivity index (χ1v) is 9.93. The quantitative estimate of drug-likeness (QED) is 0.694. The second-order valence-corrected chi connectivity index (χ2v) is 7.81. The van der Waals surface area contributed by atoms with E-state index in [1.54, 1.807) is 13.3 Å². The maximum absolute atomic E-state index is 10.2. The Bertz CT molecular complexity index is 946. The molecule has 1 N–H and O–H groups in total. The van der Waals surface area contributed by atoms with Crippen LogP contribution in [0.15, 0.2) is 48.8 Å². The molecule has 1 aromatic carbocycles. The third kappa shape index (κ3) is 4.10. The van der Waals surface area contributed by atoms with Crippen LogP contribution in [0.25, 0.3) is 11.5 Å². The number of benzene rings is 1. The van der Waals surface area contributed by atoms with Gasteiger partial charge in [-0.25, -0.2) is 4.98 Å². The Morgan fingerprint density at radius 3 is 2.59 bits per heavy atom. The fourth-order valence-corrected chi connectivity index (χ4v) is 4.04. The van der Waals surface area contributed by atoms with Crippen LogP contribution in [0.3, 0.4) is 0 Å². The molecule has 0 aliphatic carbocycles. The predicted molar refractivity (Wildman–Crippen MR) is 112 cm³/mol. The van der Waals surface area contributed by atoms with E-state index in [9.17, 15) is 5.11 Å². The number of hydrogen-bond acceptors (Lipinski definition) is 6. The number of aliphatic hydroxyl groups excluding tert-OH is 1. The van der Waals surface area contributed by atoms with E-state index in [0.29, 0.717) is 0 Å². The molecule has 0 unspecified atom stereocenters. The number of nitrogens with zero attached hydrogens (tertiary/aromatic N) is 5. The average Bonchev–Trinajstić information content (AvgIpc) is 3.20. The summed E-state index contributed by atoms with van der Waals surface area (Å²) in [5.41, 5.74) is 1.86. The first kappa shape index (κ1) is 19.4. The molecule has 29 heavy (non-hydrogen) atoms. The van der Waals surface area contributed by atoms with Crippen LogP contribution < -0.4 is 9.64 Å². The lowest BCUT2D eigenvalue weighted by atomic mass is 9.74. The van der Waals surface area contributed by atoms with Gasteiger partial charge in [0.15, 0.2) is 11.6 Å². The van der Waals surface area contributed by atoms with Crippen molar-refractivity contribution in [2.45, 2.75) is 19.3 Å². The number of aryl methyl sites for hydroxylation is 1. The largest absolute Gasteiger partial charge is 0.497 e. The third-order valence-electron chi connectivity index (χ3n) is 5.90. The van der Waals surface area contributed by atoms with Crippen molar-refractivity contribution >= 4 is 5.82 Å². The van der Waals surface area contributed by atoms with Crippen LogP contribution in [0.2, 0.25) is 0 Å². The predicted octanol–water partition coefficient (Wildman–Crippen LogP) is 2.71. The summed E-state index contributed by atoms with van der Waals surface area (Å²) in [5, 5.41) is 19.0. The van der Waals surface area contributed by atoms with Gasteiger partial charge in [-0.1, -0.05) is 12.1 Å². The van der Waals surface area contributed by atoms with Gasteiger partial charge in [0.1, 0.15) is 11.4 Å². The summed E-state index contributed by atoms with van der Waals surface area (Å²) in [4.78, 5) is 6.57. The molecule has 0 saturated carbocycles. The molecule has 2 aromatic heterocycles. The molecular weight excluding hydrogens is 366 g/mol. The summed E-state index contributed by atoms with van der Waals surface area (Å²) in [6, 6.07) is 12.1. The lowest BCUT2D eigenvalue weighted by Crippen LogP contribution is -2.43. The van der Waals surface area contributed by atoms with Crippen molar-refractivity contribution in [2.75, 3.05) is 31.7 Å². The second kappa shape index (κ2) is 8.21. The van der Waals surface area contributed by atoms with Crippen molar-refractivity contribution in [3.05, 3.63) is 54.4 Å². The number of rotatable bonds is 6. The highest BCUT2D eigenvalue weighted by atomic mass is 16.5. The van der Waals surface area contributed by atoms with E-state index in [4.69, 9.17) is 4.74 Å². The van der Waals surface area contributed by atoms with E-state index in [0.717, 1.165) is 55.4 Å². The van der Waals surface area contributed by atoms with Crippen LogP contribution in [0.1, 0.15) is 18.4 Å². The van der Waals surface area contributed by atoms with E-state index in [1.807, 2.05) is 42.1 Å². The fourth-order valence-electron chi connectivity index (χ4n) is 4.04. The highest BCUT2D eigenvalue weighted by Crippen LogP contribution is 2.36. The zero-order valence-electron chi connectivity index (χ0n) is 17.0. The average molecular weight is 393 g/mol. The minimum atomic E-state index is -0.108. The topological polar surface area (TPSA) is 76.3 Å². The van der Waals surface area contributed by atoms with Gasteiger partial charge < -0.3 is 19.3 Å². The summed E-state index contributed by atoms with van der Waals surface area (Å²) < 4.78 is 7.27. The number of aromatic nitrogens is 4.